The van der Waals surface area contributed by atoms with Gasteiger partial charge in [0.2, 0.25) is 5.78 Å². The number of fused-ring (bicyclic) bond motifs is 1. The van der Waals surface area contributed by atoms with Gasteiger partial charge in [0.1, 0.15) is 11.3 Å². The molecule has 0 aromatic carbocycles. The molecule has 1 N–H and O–H groups in total. The Hall–Kier alpha value is -2.55. The van der Waals surface area contributed by atoms with Crippen LogP contribution in [0.3, 0.4) is 0 Å². The summed E-state index contributed by atoms with van der Waals surface area (Å²) in [6.07, 6.45) is 5.33. The molecule has 6 nitrogen and oxygen atoms in total. The van der Waals surface area contributed by atoms with Gasteiger partial charge >= 0.3 is 6.09 Å². The lowest BCUT2D eigenvalue weighted by molar-refractivity contribution is 0.0529. The summed E-state index contributed by atoms with van der Waals surface area (Å²) < 4.78 is 6.94. The highest BCUT2D eigenvalue weighted by molar-refractivity contribution is 5.67. The molecule has 0 aliphatic rings. The molecule has 1 amide bonds. The van der Waals surface area contributed by atoms with E-state index in [2.05, 4.69) is 27.1 Å². The van der Waals surface area contributed by atoms with Gasteiger partial charge < -0.3 is 10.1 Å². The summed E-state index contributed by atoms with van der Waals surface area (Å²) in [6, 6.07) is 1.82. The van der Waals surface area contributed by atoms with E-state index in [1.54, 1.807) is 12.4 Å². The molecule has 2 rings (SSSR count). The summed E-state index contributed by atoms with van der Waals surface area (Å²) in [5, 5.41) is 2.66. The molecule has 2 aromatic rings. The predicted molar refractivity (Wildman–Crippen MR) is 78.7 cm³/mol. The molecule has 0 fully saturated rings. The van der Waals surface area contributed by atoms with E-state index in [4.69, 9.17) is 4.74 Å². The fourth-order valence-corrected chi connectivity index (χ4v) is 1.61. The maximum Gasteiger partial charge on any atom is 0.407 e. The zero-order valence-electron chi connectivity index (χ0n) is 12.4. The lowest BCUT2D eigenvalue weighted by atomic mass is 10.2. The van der Waals surface area contributed by atoms with Gasteiger partial charge in [-0.3, -0.25) is 4.40 Å². The van der Waals surface area contributed by atoms with Crippen LogP contribution < -0.4 is 5.32 Å². The van der Waals surface area contributed by atoms with Gasteiger partial charge in [-0.15, -0.1) is 0 Å². The highest BCUT2D eigenvalue weighted by Crippen LogP contribution is 2.06. The van der Waals surface area contributed by atoms with E-state index in [9.17, 15) is 4.79 Å². The standard InChI is InChI=1S/C15H18N4O2/c1-15(2,3)21-14(20)17-8-5-4-7-12-11-18-13-16-9-6-10-19(12)13/h6,9-11H,5,8H2,1-3H3,(H,17,20). The number of nitrogens with one attached hydrogen (secondary N) is 1. The van der Waals surface area contributed by atoms with Gasteiger partial charge in [-0.2, -0.15) is 0 Å². The van der Waals surface area contributed by atoms with Gasteiger partial charge in [0.25, 0.3) is 0 Å². The number of aromatic nitrogens is 3. The first-order valence-electron chi connectivity index (χ1n) is 6.69. The lowest BCUT2D eigenvalue weighted by Crippen LogP contribution is -2.32. The molecular weight excluding hydrogens is 268 g/mol. The van der Waals surface area contributed by atoms with Crippen LogP contribution in [-0.4, -0.2) is 32.6 Å². The predicted octanol–water partition coefficient (Wildman–Crippen LogP) is 2.00. The Balaban J connectivity index is 1.83. The molecular formula is C15H18N4O2. The SMILES string of the molecule is CC(C)(C)OC(=O)NCCC#Cc1cnc2ncccn12. The van der Waals surface area contributed by atoms with Gasteiger partial charge in [-0.05, 0) is 32.8 Å². The maximum absolute atomic E-state index is 11.4. The number of carbonyl (C=O) groups excluding carboxylic acids is 1. The second kappa shape index (κ2) is 6.27. The van der Waals surface area contributed by atoms with Crippen molar-refractivity contribution in [2.24, 2.45) is 0 Å². The molecule has 0 radical (unpaired) electrons. The molecule has 110 valence electrons. The largest absolute Gasteiger partial charge is 0.444 e. The number of alkyl carbamates (subject to hydrolysis) is 1. The van der Waals surface area contributed by atoms with Gasteiger partial charge in [0.05, 0.1) is 6.20 Å². The normalized spacial score (nSPS) is 10.8. The van der Waals surface area contributed by atoms with Gasteiger partial charge in [-0.1, -0.05) is 5.92 Å². The summed E-state index contributed by atoms with van der Waals surface area (Å²) in [4.78, 5) is 19.7. The smallest absolute Gasteiger partial charge is 0.407 e. The van der Waals surface area contributed by atoms with Crippen molar-refractivity contribution in [3.05, 3.63) is 30.4 Å². The molecule has 2 aromatic heterocycles. The van der Waals surface area contributed by atoms with Crippen molar-refractivity contribution in [2.45, 2.75) is 32.8 Å². The van der Waals surface area contributed by atoms with Crippen LogP contribution in [0.1, 0.15) is 32.9 Å². The van der Waals surface area contributed by atoms with Crippen LogP contribution in [0.4, 0.5) is 4.79 Å². The third-order valence-electron chi connectivity index (χ3n) is 2.42. The molecule has 0 aliphatic carbocycles. The molecule has 0 unspecified atom stereocenters. The van der Waals surface area contributed by atoms with Gasteiger partial charge in [0.15, 0.2) is 0 Å². The molecule has 0 saturated heterocycles. The van der Waals surface area contributed by atoms with Crippen molar-refractivity contribution in [3.63, 3.8) is 0 Å². The molecule has 0 bridgehead atoms. The molecule has 0 atom stereocenters. The first-order valence-corrected chi connectivity index (χ1v) is 6.69. The molecule has 0 saturated carbocycles. The minimum atomic E-state index is -0.487. The topological polar surface area (TPSA) is 68.5 Å². The third-order valence-corrected chi connectivity index (χ3v) is 2.42. The van der Waals surface area contributed by atoms with Crippen LogP contribution in [0, 0.1) is 11.8 Å². The number of rotatable bonds is 2. The molecule has 6 heteroatoms. The third kappa shape index (κ3) is 4.49. The lowest BCUT2D eigenvalue weighted by Gasteiger charge is -2.19. The molecule has 0 spiro atoms. The van der Waals surface area contributed by atoms with E-state index in [-0.39, 0.29) is 0 Å². The first-order chi connectivity index (χ1) is 9.96. The quantitative estimate of drug-likeness (QED) is 0.677. The highest BCUT2D eigenvalue weighted by atomic mass is 16.6. The first kappa shape index (κ1) is 14.9. The monoisotopic (exact) mass is 286 g/mol. The Kier molecular flexibility index (Phi) is 4.43. The number of hydrogen-bond acceptors (Lipinski definition) is 4. The van der Waals surface area contributed by atoms with E-state index in [1.165, 1.54) is 0 Å². The number of nitrogens with zero attached hydrogens (tertiary/aromatic N) is 3. The van der Waals surface area contributed by atoms with E-state index in [1.807, 2.05) is 37.4 Å². The highest BCUT2D eigenvalue weighted by Gasteiger charge is 2.15. The van der Waals surface area contributed by atoms with Crippen LogP contribution in [0.25, 0.3) is 5.78 Å². The minimum absolute atomic E-state index is 0.427. The average Bonchev–Trinajstić information content (AvgIpc) is 2.80. The van der Waals surface area contributed by atoms with E-state index in [0.717, 1.165) is 5.69 Å². The summed E-state index contributed by atoms with van der Waals surface area (Å²) in [6.45, 7) is 5.92. The number of imidazole rings is 1. The average molecular weight is 286 g/mol. The van der Waals surface area contributed by atoms with Crippen molar-refractivity contribution >= 4 is 11.9 Å². The van der Waals surface area contributed by atoms with Crippen LogP contribution in [0.2, 0.25) is 0 Å². The summed E-state index contributed by atoms with van der Waals surface area (Å²) >= 11 is 0. The maximum atomic E-state index is 11.4. The second-order valence-electron chi connectivity index (χ2n) is 5.41. The molecule has 2 heterocycles. The Labute approximate surface area is 123 Å². The van der Waals surface area contributed by atoms with E-state index < -0.39 is 11.7 Å². The number of carbonyl (C=O) groups is 1. The number of ether oxygens (including phenoxy) is 1. The Bertz CT molecular complexity index is 689. The Morgan fingerprint density at radius 1 is 1.43 bits per heavy atom. The minimum Gasteiger partial charge on any atom is -0.444 e. The fourth-order valence-electron chi connectivity index (χ4n) is 1.61. The second-order valence-corrected chi connectivity index (χ2v) is 5.41. The van der Waals surface area contributed by atoms with Crippen molar-refractivity contribution in [1.82, 2.24) is 19.7 Å². The van der Waals surface area contributed by atoms with Gasteiger partial charge in [0, 0.05) is 25.4 Å². The zero-order valence-corrected chi connectivity index (χ0v) is 12.4. The Morgan fingerprint density at radius 3 is 3.00 bits per heavy atom. The zero-order chi connectivity index (χ0) is 15.3. The van der Waals surface area contributed by atoms with Crippen molar-refractivity contribution in [2.75, 3.05) is 6.54 Å². The van der Waals surface area contributed by atoms with Gasteiger partial charge in [-0.25, -0.2) is 14.8 Å². The van der Waals surface area contributed by atoms with Crippen molar-refractivity contribution in [1.29, 1.82) is 0 Å². The van der Waals surface area contributed by atoms with E-state index in [0.29, 0.717) is 18.7 Å². The summed E-state index contributed by atoms with van der Waals surface area (Å²) in [5.41, 5.74) is 0.287. The number of amides is 1. The molecule has 21 heavy (non-hydrogen) atoms. The fraction of sp³-hybridized carbons (Fsp3) is 0.400. The summed E-state index contributed by atoms with van der Waals surface area (Å²) in [5.74, 6) is 6.62. The van der Waals surface area contributed by atoms with Crippen LogP contribution in [0.5, 0.6) is 0 Å². The van der Waals surface area contributed by atoms with Crippen molar-refractivity contribution < 1.29 is 9.53 Å². The van der Waals surface area contributed by atoms with Crippen LogP contribution in [0.15, 0.2) is 24.7 Å². The van der Waals surface area contributed by atoms with E-state index >= 15 is 0 Å². The van der Waals surface area contributed by atoms with Crippen molar-refractivity contribution in [3.8, 4) is 11.8 Å². The summed E-state index contributed by atoms with van der Waals surface area (Å²) in [7, 11) is 0. The molecule has 0 aliphatic heterocycles. The van der Waals surface area contributed by atoms with Crippen LogP contribution in [-0.2, 0) is 4.74 Å². The Morgan fingerprint density at radius 2 is 2.24 bits per heavy atom. The van der Waals surface area contributed by atoms with Crippen LogP contribution >= 0.6 is 0 Å². The number of hydrogen-bond donors (Lipinski definition) is 1.